The highest BCUT2D eigenvalue weighted by Crippen LogP contribution is 2.08. The van der Waals surface area contributed by atoms with Gasteiger partial charge >= 0.3 is 11.9 Å². The zero-order valence-electron chi connectivity index (χ0n) is 9.05. The fourth-order valence-electron chi connectivity index (χ4n) is 0.684. The molecule has 0 spiro atoms. The molecule has 0 aliphatic carbocycles. The number of nitrogens with one attached hydrogen (secondary N) is 1. The highest BCUT2D eigenvalue weighted by molar-refractivity contribution is 5.91. The van der Waals surface area contributed by atoms with E-state index in [4.69, 9.17) is 4.74 Å². The van der Waals surface area contributed by atoms with Crippen molar-refractivity contribution in [3.63, 3.8) is 0 Å². The van der Waals surface area contributed by atoms with E-state index >= 15 is 0 Å². The van der Waals surface area contributed by atoms with E-state index < -0.39 is 17.5 Å². The molecule has 0 aromatic heterocycles. The van der Waals surface area contributed by atoms with E-state index in [2.05, 4.69) is 10.3 Å². The van der Waals surface area contributed by atoms with Crippen LogP contribution in [0.15, 0.2) is 0 Å². The van der Waals surface area contributed by atoms with Gasteiger partial charge in [0.2, 0.25) is 0 Å². The molecule has 0 aromatic rings. The monoisotopic (exact) mass is 203 g/mol. The number of hydrogen-bond acceptors (Lipinski definition) is 5. The van der Waals surface area contributed by atoms with E-state index in [1.54, 1.807) is 27.7 Å². The number of esters is 1. The minimum Gasteiger partial charge on any atom is -0.460 e. The summed E-state index contributed by atoms with van der Waals surface area (Å²) in [6.07, 6.45) is -0.371. The lowest BCUT2D eigenvalue weighted by Crippen LogP contribution is -2.27. The van der Waals surface area contributed by atoms with E-state index in [-0.39, 0.29) is 6.42 Å². The maximum atomic E-state index is 11.1. The summed E-state index contributed by atoms with van der Waals surface area (Å²) in [4.78, 5) is 26.5. The summed E-state index contributed by atoms with van der Waals surface area (Å²) >= 11 is 0. The second-order valence-electron chi connectivity index (χ2n) is 3.74. The van der Waals surface area contributed by atoms with Crippen LogP contribution in [0.1, 0.15) is 34.1 Å². The summed E-state index contributed by atoms with van der Waals surface area (Å²) in [7, 11) is 0. The Morgan fingerprint density at radius 1 is 1.21 bits per heavy atom. The van der Waals surface area contributed by atoms with Crippen molar-refractivity contribution in [2.75, 3.05) is 6.54 Å². The molecule has 0 aromatic carbocycles. The molecule has 5 nitrogen and oxygen atoms in total. The van der Waals surface area contributed by atoms with E-state index in [1.807, 2.05) is 0 Å². The first-order valence-electron chi connectivity index (χ1n) is 4.49. The Balaban J connectivity index is 3.78. The summed E-state index contributed by atoms with van der Waals surface area (Å²) in [5, 5.41) is 0. The Morgan fingerprint density at radius 2 is 1.79 bits per heavy atom. The Labute approximate surface area is 83.7 Å². The molecule has 0 rings (SSSR count). The Kier molecular flexibility index (Phi) is 5.15. The lowest BCUT2D eigenvalue weighted by Gasteiger charge is -2.18. The first-order chi connectivity index (χ1) is 6.35. The molecule has 1 N–H and O–H groups in total. The molecule has 14 heavy (non-hydrogen) atoms. The number of rotatable bonds is 4. The Morgan fingerprint density at radius 3 is 2.21 bits per heavy atom. The quantitative estimate of drug-likeness (QED) is 0.415. The molecule has 0 saturated heterocycles. The van der Waals surface area contributed by atoms with E-state index in [0.29, 0.717) is 6.54 Å². The normalized spacial score (nSPS) is 10.9. The number of ether oxygens (including phenoxy) is 1. The molecule has 82 valence electrons. The lowest BCUT2D eigenvalue weighted by molar-refractivity contribution is -0.164. The Bertz CT molecular complexity index is 207. The van der Waals surface area contributed by atoms with Gasteiger partial charge in [-0.25, -0.2) is 4.79 Å². The Hall–Kier alpha value is -1.10. The molecular weight excluding hydrogens is 186 g/mol. The fourth-order valence-corrected chi connectivity index (χ4v) is 0.684. The highest BCUT2D eigenvalue weighted by atomic mass is 16.7. The van der Waals surface area contributed by atoms with Crippen LogP contribution in [0.25, 0.3) is 0 Å². The van der Waals surface area contributed by atoms with E-state index in [0.717, 1.165) is 0 Å². The van der Waals surface area contributed by atoms with Crippen LogP contribution in [0.4, 0.5) is 0 Å². The zero-order valence-corrected chi connectivity index (χ0v) is 9.05. The second kappa shape index (κ2) is 5.59. The second-order valence-corrected chi connectivity index (χ2v) is 3.74. The summed E-state index contributed by atoms with van der Waals surface area (Å²) in [5.74, 6) is -1.22. The van der Waals surface area contributed by atoms with Crippen molar-refractivity contribution < 1.29 is 19.2 Å². The topological polar surface area (TPSA) is 64.6 Å². The van der Waals surface area contributed by atoms with Crippen LogP contribution in [-0.2, 0) is 19.2 Å². The van der Waals surface area contributed by atoms with Crippen molar-refractivity contribution in [2.45, 2.75) is 39.7 Å². The van der Waals surface area contributed by atoms with Crippen molar-refractivity contribution in [3.05, 3.63) is 0 Å². The van der Waals surface area contributed by atoms with Gasteiger partial charge in [0.05, 0.1) is 0 Å². The SMILES string of the molecule is CCNOC(=O)CC(=O)OC(C)(C)C. The molecule has 0 amide bonds. The van der Waals surface area contributed by atoms with Crippen molar-refractivity contribution in [2.24, 2.45) is 0 Å². The fraction of sp³-hybridized carbons (Fsp3) is 0.778. The molecule has 0 fully saturated rings. The van der Waals surface area contributed by atoms with Gasteiger partial charge in [-0.2, -0.15) is 5.48 Å². The van der Waals surface area contributed by atoms with E-state index in [9.17, 15) is 9.59 Å². The van der Waals surface area contributed by atoms with E-state index in [1.165, 1.54) is 0 Å². The first-order valence-corrected chi connectivity index (χ1v) is 4.49. The van der Waals surface area contributed by atoms with Crippen LogP contribution in [0.3, 0.4) is 0 Å². The molecule has 0 atom stereocenters. The molecule has 0 unspecified atom stereocenters. The van der Waals surface area contributed by atoms with Gasteiger partial charge in [0.1, 0.15) is 12.0 Å². The van der Waals surface area contributed by atoms with Crippen LogP contribution < -0.4 is 5.48 Å². The van der Waals surface area contributed by atoms with Gasteiger partial charge in [-0.3, -0.25) is 4.79 Å². The van der Waals surface area contributed by atoms with Crippen LogP contribution in [0.2, 0.25) is 0 Å². The maximum Gasteiger partial charge on any atom is 0.335 e. The van der Waals surface area contributed by atoms with Crippen molar-refractivity contribution in [1.82, 2.24) is 5.48 Å². The average Bonchev–Trinajstić information content (AvgIpc) is 1.96. The van der Waals surface area contributed by atoms with Crippen LogP contribution in [0.5, 0.6) is 0 Å². The van der Waals surface area contributed by atoms with Gasteiger partial charge in [-0.15, -0.1) is 0 Å². The van der Waals surface area contributed by atoms with Gasteiger partial charge in [0.25, 0.3) is 0 Å². The average molecular weight is 203 g/mol. The molecule has 0 aliphatic rings. The van der Waals surface area contributed by atoms with Crippen molar-refractivity contribution in [3.8, 4) is 0 Å². The van der Waals surface area contributed by atoms with Gasteiger partial charge in [0.15, 0.2) is 0 Å². The predicted octanol–water partition coefficient (Wildman–Crippen LogP) is 0.786. The van der Waals surface area contributed by atoms with Gasteiger partial charge in [0, 0.05) is 6.54 Å². The molecule has 0 aliphatic heterocycles. The van der Waals surface area contributed by atoms with Gasteiger partial charge in [-0.1, -0.05) is 0 Å². The summed E-state index contributed by atoms with van der Waals surface area (Å²) < 4.78 is 4.92. The third kappa shape index (κ3) is 7.54. The van der Waals surface area contributed by atoms with Gasteiger partial charge < -0.3 is 9.57 Å². The minimum absolute atomic E-state index is 0.371. The molecule has 0 bridgehead atoms. The molecule has 0 radical (unpaired) electrons. The van der Waals surface area contributed by atoms with Gasteiger partial charge in [-0.05, 0) is 27.7 Å². The van der Waals surface area contributed by atoms with Crippen molar-refractivity contribution >= 4 is 11.9 Å². The number of carbonyl (C=O) groups is 2. The number of carbonyl (C=O) groups excluding carboxylic acids is 2. The number of hydrogen-bond donors (Lipinski definition) is 1. The standard InChI is InChI=1S/C9H17NO4/c1-5-10-14-8(12)6-7(11)13-9(2,3)4/h10H,5-6H2,1-4H3. The first kappa shape index (κ1) is 12.9. The zero-order chi connectivity index (χ0) is 11.2. The van der Waals surface area contributed by atoms with Crippen LogP contribution >= 0.6 is 0 Å². The number of hydroxylamine groups is 1. The molecule has 0 saturated carbocycles. The summed E-state index contributed by atoms with van der Waals surface area (Å²) in [6.45, 7) is 7.49. The highest BCUT2D eigenvalue weighted by Gasteiger charge is 2.19. The third-order valence-corrected chi connectivity index (χ3v) is 1.04. The minimum atomic E-state index is -0.638. The van der Waals surface area contributed by atoms with Crippen molar-refractivity contribution in [1.29, 1.82) is 0 Å². The van der Waals surface area contributed by atoms with Crippen LogP contribution in [0, 0.1) is 0 Å². The van der Waals surface area contributed by atoms with Crippen LogP contribution in [-0.4, -0.2) is 24.1 Å². The molecule has 5 heteroatoms. The summed E-state index contributed by atoms with van der Waals surface area (Å²) in [6, 6.07) is 0. The smallest absolute Gasteiger partial charge is 0.335 e. The third-order valence-electron chi connectivity index (χ3n) is 1.04. The largest absolute Gasteiger partial charge is 0.460 e. The maximum absolute atomic E-state index is 11.1. The molecular formula is C9H17NO4. The lowest BCUT2D eigenvalue weighted by atomic mass is 10.2. The summed E-state index contributed by atoms with van der Waals surface area (Å²) in [5.41, 5.74) is 1.79. The predicted molar refractivity (Wildman–Crippen MR) is 50.2 cm³/mol. The molecule has 0 heterocycles.